The Bertz CT molecular complexity index is 553. The highest BCUT2D eigenvalue weighted by Gasteiger charge is 2.16. The lowest BCUT2D eigenvalue weighted by Crippen LogP contribution is -2.32. The minimum atomic E-state index is -1.04. The first kappa shape index (κ1) is 13.2. The molecule has 0 amide bonds. The van der Waals surface area contributed by atoms with Gasteiger partial charge in [-0.05, 0) is 12.5 Å². The molecule has 2 unspecified atom stereocenters. The molecule has 0 saturated heterocycles. The van der Waals surface area contributed by atoms with E-state index >= 15 is 0 Å². The molecule has 0 radical (unpaired) electrons. The van der Waals surface area contributed by atoms with Crippen LogP contribution in [0.1, 0.15) is 24.2 Å². The second-order valence-electron chi connectivity index (χ2n) is 4.43. The van der Waals surface area contributed by atoms with Gasteiger partial charge in [-0.15, -0.1) is 5.10 Å². The van der Waals surface area contributed by atoms with Crippen molar-refractivity contribution in [2.45, 2.75) is 25.4 Å². The van der Waals surface area contributed by atoms with E-state index in [0.717, 1.165) is 5.56 Å². The van der Waals surface area contributed by atoms with Crippen LogP contribution in [0.5, 0.6) is 0 Å². The fraction of sp³-hybridized carbons (Fsp3) is 0.308. The second-order valence-corrected chi connectivity index (χ2v) is 4.43. The molecule has 6 heteroatoms. The van der Waals surface area contributed by atoms with Gasteiger partial charge >= 0.3 is 5.97 Å². The summed E-state index contributed by atoms with van der Waals surface area (Å²) in [6.07, 6.45) is 1.91. The largest absolute Gasteiger partial charge is 0.480 e. The Morgan fingerprint density at radius 3 is 2.74 bits per heavy atom. The van der Waals surface area contributed by atoms with Gasteiger partial charge in [0.2, 0.25) is 0 Å². The van der Waals surface area contributed by atoms with Crippen molar-refractivity contribution in [3.63, 3.8) is 0 Å². The van der Waals surface area contributed by atoms with Gasteiger partial charge in [-0.25, -0.2) is 4.68 Å². The molecule has 0 aliphatic carbocycles. The molecule has 6 nitrogen and oxygen atoms in total. The number of rotatable bonds is 5. The van der Waals surface area contributed by atoms with E-state index < -0.39 is 12.0 Å². The maximum Gasteiger partial charge on any atom is 0.320 e. The molecule has 100 valence electrons. The summed E-state index contributed by atoms with van der Waals surface area (Å²) in [6.45, 7) is 2.00. The third-order valence-corrected chi connectivity index (χ3v) is 2.98. The number of carboxylic acids is 1. The quantitative estimate of drug-likeness (QED) is 0.830. The number of carbonyl (C=O) groups is 1. The highest BCUT2D eigenvalue weighted by Crippen LogP contribution is 2.16. The zero-order valence-electron chi connectivity index (χ0n) is 10.6. The van der Waals surface area contributed by atoms with E-state index in [-0.39, 0.29) is 12.5 Å². The molecule has 0 aliphatic rings. The molecule has 2 rings (SSSR count). The fourth-order valence-electron chi connectivity index (χ4n) is 1.79. The lowest BCUT2D eigenvalue weighted by Gasteiger charge is -2.11. The number of hydrogen-bond donors (Lipinski definition) is 2. The molecule has 0 fully saturated rings. The first-order valence-corrected chi connectivity index (χ1v) is 6.02. The monoisotopic (exact) mass is 260 g/mol. The van der Waals surface area contributed by atoms with Gasteiger partial charge in [-0.1, -0.05) is 35.5 Å². The van der Waals surface area contributed by atoms with Gasteiger partial charge in [0, 0.05) is 12.6 Å². The average molecular weight is 260 g/mol. The Morgan fingerprint density at radius 1 is 1.42 bits per heavy atom. The molecule has 1 aromatic heterocycles. The van der Waals surface area contributed by atoms with E-state index in [0.29, 0.717) is 5.69 Å². The van der Waals surface area contributed by atoms with Gasteiger partial charge in [0.25, 0.3) is 0 Å². The maximum atomic E-state index is 10.7. The summed E-state index contributed by atoms with van der Waals surface area (Å²) in [5, 5.41) is 16.7. The molecule has 2 aromatic rings. The first-order valence-electron chi connectivity index (χ1n) is 6.02. The van der Waals surface area contributed by atoms with Gasteiger partial charge in [-0.2, -0.15) is 0 Å². The fourth-order valence-corrected chi connectivity index (χ4v) is 1.79. The lowest BCUT2D eigenvalue weighted by atomic mass is 10.1. The van der Waals surface area contributed by atoms with Crippen LogP contribution in [0.2, 0.25) is 0 Å². The summed E-state index contributed by atoms with van der Waals surface area (Å²) in [5.74, 6) is -1.04. The SMILES string of the molecule is CC(c1ccccc1)n1cc(CC(N)C(=O)O)nn1. The van der Waals surface area contributed by atoms with Crippen molar-refractivity contribution < 1.29 is 9.90 Å². The van der Waals surface area contributed by atoms with Gasteiger partial charge < -0.3 is 10.8 Å². The molecule has 1 aromatic carbocycles. The predicted octanol–water partition coefficient (Wildman–Crippen LogP) is 0.842. The zero-order chi connectivity index (χ0) is 13.8. The molecular weight excluding hydrogens is 244 g/mol. The summed E-state index contributed by atoms with van der Waals surface area (Å²) in [7, 11) is 0. The van der Waals surface area contributed by atoms with E-state index in [9.17, 15) is 4.79 Å². The van der Waals surface area contributed by atoms with Crippen LogP contribution in [0, 0.1) is 0 Å². The molecule has 0 saturated carbocycles. The zero-order valence-corrected chi connectivity index (χ0v) is 10.6. The molecule has 1 heterocycles. The van der Waals surface area contributed by atoms with Gasteiger partial charge in [0.1, 0.15) is 6.04 Å². The second kappa shape index (κ2) is 5.62. The topological polar surface area (TPSA) is 94.0 Å². The van der Waals surface area contributed by atoms with Crippen molar-refractivity contribution in [1.82, 2.24) is 15.0 Å². The van der Waals surface area contributed by atoms with Gasteiger partial charge in [0.15, 0.2) is 0 Å². The van der Waals surface area contributed by atoms with E-state index in [1.165, 1.54) is 0 Å². The maximum absolute atomic E-state index is 10.7. The molecule has 19 heavy (non-hydrogen) atoms. The Kier molecular flexibility index (Phi) is 3.91. The molecule has 2 atom stereocenters. The standard InChI is InChI=1S/C13H16N4O2/c1-9(10-5-3-2-4-6-10)17-8-11(15-16-17)7-12(14)13(18)19/h2-6,8-9,12H,7,14H2,1H3,(H,18,19). The van der Waals surface area contributed by atoms with Crippen molar-refractivity contribution in [2.24, 2.45) is 5.73 Å². The third kappa shape index (κ3) is 3.17. The smallest absolute Gasteiger partial charge is 0.320 e. The lowest BCUT2D eigenvalue weighted by molar-refractivity contribution is -0.138. The highest BCUT2D eigenvalue weighted by atomic mass is 16.4. The van der Waals surface area contributed by atoms with Crippen LogP contribution in [-0.2, 0) is 11.2 Å². The van der Waals surface area contributed by atoms with E-state index in [1.54, 1.807) is 10.9 Å². The first-order chi connectivity index (χ1) is 9.08. The molecule has 0 spiro atoms. The number of benzene rings is 1. The van der Waals surface area contributed by atoms with Crippen molar-refractivity contribution in [3.05, 3.63) is 47.8 Å². The molecular formula is C13H16N4O2. The summed E-state index contributed by atoms with van der Waals surface area (Å²) in [4.78, 5) is 10.7. The number of nitrogens with zero attached hydrogens (tertiary/aromatic N) is 3. The van der Waals surface area contributed by atoms with Crippen molar-refractivity contribution >= 4 is 5.97 Å². The predicted molar refractivity (Wildman–Crippen MR) is 69.6 cm³/mol. The number of aliphatic carboxylic acids is 1. The number of aromatic nitrogens is 3. The van der Waals surface area contributed by atoms with Gasteiger partial charge in [0.05, 0.1) is 11.7 Å². The van der Waals surface area contributed by atoms with Crippen molar-refractivity contribution in [3.8, 4) is 0 Å². The van der Waals surface area contributed by atoms with Crippen LogP contribution in [0.4, 0.5) is 0 Å². The number of carboxylic acid groups (broad SMARTS) is 1. The van der Waals surface area contributed by atoms with Crippen LogP contribution in [-0.4, -0.2) is 32.1 Å². The van der Waals surface area contributed by atoms with Gasteiger partial charge in [-0.3, -0.25) is 4.79 Å². The number of nitrogens with two attached hydrogens (primary N) is 1. The Balaban J connectivity index is 2.11. The minimum Gasteiger partial charge on any atom is -0.480 e. The third-order valence-electron chi connectivity index (χ3n) is 2.98. The van der Waals surface area contributed by atoms with E-state index in [1.807, 2.05) is 37.3 Å². The van der Waals surface area contributed by atoms with Crippen molar-refractivity contribution in [2.75, 3.05) is 0 Å². The van der Waals surface area contributed by atoms with Crippen LogP contribution in [0.25, 0.3) is 0 Å². The van der Waals surface area contributed by atoms with Crippen LogP contribution < -0.4 is 5.73 Å². The van der Waals surface area contributed by atoms with E-state index in [4.69, 9.17) is 10.8 Å². The molecule has 0 bridgehead atoms. The van der Waals surface area contributed by atoms with Crippen LogP contribution >= 0.6 is 0 Å². The van der Waals surface area contributed by atoms with Crippen molar-refractivity contribution in [1.29, 1.82) is 0 Å². The number of hydrogen-bond acceptors (Lipinski definition) is 4. The Morgan fingerprint density at radius 2 is 2.11 bits per heavy atom. The summed E-state index contributed by atoms with van der Waals surface area (Å²) in [5.41, 5.74) is 7.16. The Hall–Kier alpha value is -2.21. The Labute approximate surface area is 110 Å². The van der Waals surface area contributed by atoms with E-state index in [2.05, 4.69) is 10.3 Å². The normalized spacial score (nSPS) is 14.0. The molecule has 3 N–H and O–H groups in total. The molecule has 0 aliphatic heterocycles. The highest BCUT2D eigenvalue weighted by molar-refractivity contribution is 5.73. The van der Waals surface area contributed by atoms with Crippen LogP contribution in [0.3, 0.4) is 0 Å². The average Bonchev–Trinajstić information content (AvgIpc) is 2.87. The minimum absolute atomic E-state index is 0.0449. The van der Waals surface area contributed by atoms with Crippen LogP contribution in [0.15, 0.2) is 36.5 Å². The summed E-state index contributed by atoms with van der Waals surface area (Å²) < 4.78 is 1.71. The summed E-state index contributed by atoms with van der Waals surface area (Å²) >= 11 is 0. The summed E-state index contributed by atoms with van der Waals surface area (Å²) in [6, 6.07) is 8.99.